The number of piperidine rings is 1. The average Bonchev–Trinajstić information content (AvgIpc) is 2.92. The van der Waals surface area contributed by atoms with Crippen LogP contribution in [0.15, 0.2) is 47.6 Å². The van der Waals surface area contributed by atoms with E-state index in [4.69, 9.17) is 5.73 Å². The molecular formula is C24H27F3N4O7S2. The van der Waals surface area contributed by atoms with Crippen molar-refractivity contribution in [2.45, 2.75) is 30.0 Å². The molecule has 16 heteroatoms. The van der Waals surface area contributed by atoms with E-state index in [-0.39, 0.29) is 61.1 Å². The second-order valence-electron chi connectivity index (χ2n) is 9.59. The Morgan fingerprint density at radius 3 is 2.42 bits per heavy atom. The summed E-state index contributed by atoms with van der Waals surface area (Å²) in [5.41, 5.74) is 6.19. The number of benzene rings is 1. The van der Waals surface area contributed by atoms with Crippen molar-refractivity contribution in [3.8, 4) is 5.75 Å². The van der Waals surface area contributed by atoms with Gasteiger partial charge in [0.2, 0.25) is 15.9 Å². The molecule has 2 N–H and O–H groups in total. The van der Waals surface area contributed by atoms with Crippen LogP contribution in [0, 0.1) is 5.92 Å². The first-order valence-corrected chi connectivity index (χ1v) is 15.5. The number of nitrogens with two attached hydrogens (primary N) is 1. The first kappa shape index (κ1) is 29.9. The minimum absolute atomic E-state index is 0.0236. The number of carbonyl (C=O) groups excluding carboxylic acids is 2. The van der Waals surface area contributed by atoms with Crippen LogP contribution in [0.4, 0.5) is 13.2 Å². The molecule has 40 heavy (non-hydrogen) atoms. The summed E-state index contributed by atoms with van der Waals surface area (Å²) in [6.07, 6.45) is -2.71. The van der Waals surface area contributed by atoms with Gasteiger partial charge in [0, 0.05) is 51.0 Å². The van der Waals surface area contributed by atoms with Crippen LogP contribution in [0.5, 0.6) is 5.75 Å². The maximum Gasteiger partial charge on any atom is 0.491 e. The summed E-state index contributed by atoms with van der Waals surface area (Å²) in [6, 6.07) is 6.77. The predicted octanol–water partition coefficient (Wildman–Crippen LogP) is 1.06. The van der Waals surface area contributed by atoms with E-state index in [1.807, 2.05) is 0 Å². The molecule has 0 aliphatic carbocycles. The predicted molar refractivity (Wildman–Crippen MR) is 135 cm³/mol. The lowest BCUT2D eigenvalue weighted by atomic mass is 9.84. The molecule has 2 aliphatic rings. The lowest BCUT2D eigenvalue weighted by molar-refractivity contribution is -0.189. The second kappa shape index (κ2) is 11.4. The Balaban J connectivity index is 1.70. The molecule has 11 nitrogen and oxygen atoms in total. The number of halogens is 3. The number of aromatic nitrogens is 1. The van der Waals surface area contributed by atoms with Crippen LogP contribution in [-0.4, -0.2) is 86.8 Å². The zero-order chi connectivity index (χ0) is 29.3. The molecule has 4 rings (SSSR count). The summed E-state index contributed by atoms with van der Waals surface area (Å²) in [4.78, 5) is 30.2. The normalized spacial score (nSPS) is 22.1. The molecule has 1 aromatic carbocycles. The lowest BCUT2D eigenvalue weighted by Crippen LogP contribution is -2.52. The van der Waals surface area contributed by atoms with Gasteiger partial charge in [-0.25, -0.2) is 21.6 Å². The summed E-state index contributed by atoms with van der Waals surface area (Å²) in [5, 5.41) is 0. The Morgan fingerprint density at radius 2 is 1.77 bits per heavy atom. The molecule has 2 fully saturated rings. The number of alkyl halides is 3. The molecule has 2 atom stereocenters. The summed E-state index contributed by atoms with van der Waals surface area (Å²) in [6.45, 7) is -0.573. The number of carbonyl (C=O) groups is 2. The van der Waals surface area contributed by atoms with Gasteiger partial charge >= 0.3 is 12.1 Å². The highest BCUT2D eigenvalue weighted by atomic mass is 32.2. The van der Waals surface area contributed by atoms with Crippen molar-refractivity contribution in [3.63, 3.8) is 0 Å². The van der Waals surface area contributed by atoms with Crippen LogP contribution >= 0.6 is 0 Å². The van der Waals surface area contributed by atoms with Gasteiger partial charge in [0.1, 0.15) is 10.6 Å². The van der Waals surface area contributed by atoms with Gasteiger partial charge in [0.15, 0.2) is 9.84 Å². The number of pyridine rings is 1. The van der Waals surface area contributed by atoms with Crippen molar-refractivity contribution in [1.82, 2.24) is 14.2 Å². The topological polar surface area (TPSA) is 157 Å². The van der Waals surface area contributed by atoms with Gasteiger partial charge in [-0.3, -0.25) is 9.78 Å². The number of sulfonamides is 1. The maximum atomic E-state index is 13.7. The number of rotatable bonds is 6. The molecule has 0 spiro atoms. The Kier molecular flexibility index (Phi) is 8.54. The summed E-state index contributed by atoms with van der Waals surface area (Å²) in [7, 11) is -7.55. The molecular weight excluding hydrogens is 577 g/mol. The van der Waals surface area contributed by atoms with E-state index in [9.17, 15) is 39.6 Å². The number of nitrogens with zero attached hydrogens (tertiary/aromatic N) is 3. The fourth-order valence-electron chi connectivity index (χ4n) is 4.78. The van der Waals surface area contributed by atoms with E-state index in [2.05, 4.69) is 9.72 Å². The Bertz CT molecular complexity index is 1490. The molecule has 2 aliphatic heterocycles. The highest BCUT2D eigenvalue weighted by Gasteiger charge is 2.44. The number of amides is 1. The van der Waals surface area contributed by atoms with Crippen molar-refractivity contribution in [1.29, 1.82) is 0 Å². The maximum absolute atomic E-state index is 13.7. The zero-order valence-electron chi connectivity index (χ0n) is 21.1. The molecule has 1 aromatic heterocycles. The minimum atomic E-state index is -5.26. The largest absolute Gasteiger partial charge is 0.491 e. The van der Waals surface area contributed by atoms with E-state index in [0.29, 0.717) is 5.56 Å². The van der Waals surface area contributed by atoms with Crippen molar-refractivity contribution >= 4 is 31.7 Å². The number of sulfone groups is 1. The summed E-state index contributed by atoms with van der Waals surface area (Å²) in [5.74, 6) is -5.57. The standard InChI is InChI=1S/C24H27F3N4O7S2/c25-24(26,27)23(33)38-21-4-2-1-3-20(21)17-10-18(22(32)30-5-7-39(34,35)8-6-30)15-31(14-17)40(36,37)19-9-16(11-28)12-29-13-19/h1-4,9,12-13,17-18H,5-8,10-11,14-15,28H2/t17-,18+/m1/s1. The molecule has 3 heterocycles. The van der Waals surface area contributed by atoms with Crippen molar-refractivity contribution in [3.05, 3.63) is 53.9 Å². The molecule has 2 aromatic rings. The highest BCUT2D eigenvalue weighted by molar-refractivity contribution is 7.91. The van der Waals surface area contributed by atoms with Gasteiger partial charge < -0.3 is 15.4 Å². The van der Waals surface area contributed by atoms with Gasteiger partial charge in [0.25, 0.3) is 0 Å². The van der Waals surface area contributed by atoms with E-state index in [1.165, 1.54) is 35.4 Å². The van der Waals surface area contributed by atoms with E-state index in [1.54, 1.807) is 0 Å². The molecule has 2 saturated heterocycles. The Morgan fingerprint density at radius 1 is 1.10 bits per heavy atom. The molecule has 0 radical (unpaired) electrons. The van der Waals surface area contributed by atoms with Crippen LogP contribution in [0.2, 0.25) is 0 Å². The van der Waals surface area contributed by atoms with Crippen molar-refractivity contribution < 1.29 is 44.3 Å². The molecule has 0 unspecified atom stereocenters. The van der Waals surface area contributed by atoms with Crippen molar-refractivity contribution in [2.24, 2.45) is 11.7 Å². The lowest BCUT2D eigenvalue weighted by Gasteiger charge is -2.39. The smallest absolute Gasteiger partial charge is 0.420 e. The van der Waals surface area contributed by atoms with Crippen molar-refractivity contribution in [2.75, 3.05) is 37.7 Å². The van der Waals surface area contributed by atoms with Crippen LogP contribution < -0.4 is 10.5 Å². The fourth-order valence-corrected chi connectivity index (χ4v) is 7.53. The molecule has 0 saturated carbocycles. The monoisotopic (exact) mass is 604 g/mol. The first-order chi connectivity index (χ1) is 18.7. The van der Waals surface area contributed by atoms with E-state index in [0.717, 1.165) is 16.6 Å². The molecule has 218 valence electrons. The third-order valence-electron chi connectivity index (χ3n) is 6.86. The second-order valence-corrected chi connectivity index (χ2v) is 13.8. The van der Waals surface area contributed by atoms with E-state index >= 15 is 0 Å². The minimum Gasteiger partial charge on any atom is -0.420 e. The van der Waals surface area contributed by atoms with Gasteiger partial charge in [-0.2, -0.15) is 17.5 Å². The third-order valence-corrected chi connectivity index (χ3v) is 10.3. The van der Waals surface area contributed by atoms with Crippen LogP contribution in [0.1, 0.15) is 23.5 Å². The Hall–Kier alpha value is -3.08. The number of esters is 1. The fraction of sp³-hybridized carbons (Fsp3) is 0.458. The number of ether oxygens (including phenoxy) is 1. The summed E-state index contributed by atoms with van der Waals surface area (Å²) < 4.78 is 95.5. The highest BCUT2D eigenvalue weighted by Crippen LogP contribution is 2.38. The SMILES string of the molecule is NCc1cncc(S(=O)(=O)N2C[C@@H](C(=O)N3CCS(=O)(=O)CC3)C[C@@H](c3ccccc3OC(=O)C(F)(F)F)C2)c1. The van der Waals surface area contributed by atoms with Gasteiger partial charge in [-0.15, -0.1) is 0 Å². The summed E-state index contributed by atoms with van der Waals surface area (Å²) >= 11 is 0. The third kappa shape index (κ3) is 6.62. The molecule has 1 amide bonds. The van der Waals surface area contributed by atoms with Crippen LogP contribution in [0.3, 0.4) is 0 Å². The van der Waals surface area contributed by atoms with Crippen LogP contribution in [-0.2, 0) is 36.0 Å². The molecule has 0 bridgehead atoms. The van der Waals surface area contributed by atoms with Crippen LogP contribution in [0.25, 0.3) is 0 Å². The van der Waals surface area contributed by atoms with Gasteiger partial charge in [-0.05, 0) is 29.7 Å². The number of para-hydroxylation sites is 1. The average molecular weight is 605 g/mol. The first-order valence-electron chi connectivity index (χ1n) is 12.2. The number of hydrogen-bond acceptors (Lipinski definition) is 9. The van der Waals surface area contributed by atoms with E-state index < -0.39 is 55.5 Å². The number of hydrogen-bond donors (Lipinski definition) is 1. The van der Waals surface area contributed by atoms with Gasteiger partial charge in [-0.1, -0.05) is 18.2 Å². The Labute approximate surface area is 229 Å². The van der Waals surface area contributed by atoms with Gasteiger partial charge in [0.05, 0.1) is 17.4 Å². The zero-order valence-corrected chi connectivity index (χ0v) is 22.7. The quantitative estimate of drug-likeness (QED) is 0.376.